The number of aromatic nitrogens is 1. The summed E-state index contributed by atoms with van der Waals surface area (Å²) < 4.78 is 8.02. The van der Waals surface area contributed by atoms with E-state index in [1.54, 1.807) is 19.4 Å². The van der Waals surface area contributed by atoms with E-state index in [1.807, 2.05) is 18.5 Å². The fourth-order valence-electron chi connectivity index (χ4n) is 4.54. The summed E-state index contributed by atoms with van der Waals surface area (Å²) in [6.07, 6.45) is 9.05. The fourth-order valence-corrected chi connectivity index (χ4v) is 4.54. The summed E-state index contributed by atoms with van der Waals surface area (Å²) >= 11 is 0. The second kappa shape index (κ2) is 10.7. The fraction of sp³-hybridized carbons (Fsp3) is 0.429. The van der Waals surface area contributed by atoms with Crippen molar-refractivity contribution in [3.8, 4) is 17.0 Å². The quantitative estimate of drug-likeness (QED) is 0.489. The van der Waals surface area contributed by atoms with Crippen LogP contribution in [-0.4, -0.2) is 24.4 Å². The number of nitrogens with zero attached hydrogens (tertiary/aromatic N) is 2. The van der Waals surface area contributed by atoms with Crippen molar-refractivity contribution >= 4 is 17.4 Å². The summed E-state index contributed by atoms with van der Waals surface area (Å²) in [6.45, 7) is 13.6. The minimum atomic E-state index is 0.0207. The molecule has 3 rings (SSSR count). The van der Waals surface area contributed by atoms with Crippen LogP contribution in [0.2, 0.25) is 0 Å². The first-order valence-corrected chi connectivity index (χ1v) is 11.9. The Balaban J connectivity index is 2.21. The van der Waals surface area contributed by atoms with E-state index in [9.17, 15) is 4.79 Å². The average Bonchev–Trinajstić information content (AvgIpc) is 2.80. The molecule has 2 aromatic rings. The molecule has 1 aromatic heterocycles. The zero-order chi connectivity index (χ0) is 24.1. The molecule has 0 amide bonds. The Morgan fingerprint density at radius 2 is 2.03 bits per heavy atom. The van der Waals surface area contributed by atoms with Crippen molar-refractivity contribution in [2.24, 2.45) is 16.6 Å². The highest BCUT2D eigenvalue weighted by molar-refractivity contribution is 6.11. The van der Waals surface area contributed by atoms with E-state index >= 15 is 0 Å². The number of nitrogens with two attached hydrogens (primary N) is 1. The summed E-state index contributed by atoms with van der Waals surface area (Å²) in [5.41, 5.74) is 12.5. The van der Waals surface area contributed by atoms with E-state index in [0.717, 1.165) is 71.5 Å². The SMILES string of the molecule is C=C(CCC)c1cn2c(cc1=O)-c1cc(OC)c(C(C=NCCC)=CN)cc1CC2C(C)C. The van der Waals surface area contributed by atoms with Gasteiger partial charge in [0.2, 0.25) is 0 Å². The van der Waals surface area contributed by atoms with E-state index < -0.39 is 0 Å². The van der Waals surface area contributed by atoms with Crippen LogP contribution in [-0.2, 0) is 6.42 Å². The molecule has 2 N–H and O–H groups in total. The van der Waals surface area contributed by atoms with Gasteiger partial charge in [0.15, 0.2) is 5.43 Å². The molecule has 176 valence electrons. The highest BCUT2D eigenvalue weighted by Gasteiger charge is 2.28. The number of fused-ring (bicyclic) bond motifs is 3. The highest BCUT2D eigenvalue weighted by atomic mass is 16.5. The van der Waals surface area contributed by atoms with Crippen LogP contribution in [0.3, 0.4) is 0 Å². The maximum Gasteiger partial charge on any atom is 0.189 e. The predicted octanol–water partition coefficient (Wildman–Crippen LogP) is 5.87. The monoisotopic (exact) mass is 447 g/mol. The van der Waals surface area contributed by atoms with Crippen molar-refractivity contribution in [1.82, 2.24) is 4.57 Å². The predicted molar refractivity (Wildman–Crippen MR) is 140 cm³/mol. The van der Waals surface area contributed by atoms with Gasteiger partial charge in [0.1, 0.15) is 5.75 Å². The highest BCUT2D eigenvalue weighted by Crippen LogP contribution is 2.42. The lowest BCUT2D eigenvalue weighted by atomic mass is 9.85. The zero-order valence-corrected chi connectivity index (χ0v) is 20.6. The molecule has 1 aliphatic heterocycles. The number of allylic oxidation sites excluding steroid dienone is 2. The van der Waals surface area contributed by atoms with Crippen LogP contribution in [0.4, 0.5) is 0 Å². The van der Waals surface area contributed by atoms with Crippen molar-refractivity contribution < 1.29 is 4.74 Å². The van der Waals surface area contributed by atoms with Crippen LogP contribution in [0.25, 0.3) is 22.4 Å². The topological polar surface area (TPSA) is 69.6 Å². The number of hydrogen-bond acceptors (Lipinski definition) is 4. The zero-order valence-electron chi connectivity index (χ0n) is 20.6. The van der Waals surface area contributed by atoms with Crippen LogP contribution in [0.1, 0.15) is 69.7 Å². The second-order valence-corrected chi connectivity index (χ2v) is 9.08. The minimum absolute atomic E-state index is 0.0207. The van der Waals surface area contributed by atoms with Crippen LogP contribution in [0.15, 0.2) is 47.0 Å². The molecule has 0 radical (unpaired) electrons. The maximum absolute atomic E-state index is 13.1. The Bertz CT molecular complexity index is 1140. The van der Waals surface area contributed by atoms with Gasteiger partial charge in [0.05, 0.1) is 12.8 Å². The third-order valence-electron chi connectivity index (χ3n) is 6.34. The largest absolute Gasteiger partial charge is 0.496 e. The standard InChI is InChI=1S/C28H37N3O2/c1-7-9-19(5)24-17-31-25(18(3)4)12-20-11-23(21(15-29)16-30-10-8-2)28(33-6)13-22(20)26(31)14-27(24)32/h11,13-18,25H,5,7-10,12,29H2,1-4,6H3. The van der Waals surface area contributed by atoms with Gasteiger partial charge in [0.25, 0.3) is 0 Å². The van der Waals surface area contributed by atoms with E-state index in [1.165, 1.54) is 5.56 Å². The molecule has 5 heteroatoms. The third kappa shape index (κ3) is 4.97. The molecule has 1 atom stereocenters. The second-order valence-electron chi connectivity index (χ2n) is 9.08. The normalized spacial score (nSPS) is 15.6. The first-order chi connectivity index (χ1) is 15.9. The molecular formula is C28H37N3O2. The van der Waals surface area contributed by atoms with E-state index in [2.05, 4.69) is 49.9 Å². The first-order valence-electron chi connectivity index (χ1n) is 11.9. The van der Waals surface area contributed by atoms with Crippen molar-refractivity contribution in [2.45, 2.75) is 59.4 Å². The van der Waals surface area contributed by atoms with Gasteiger partial charge in [-0.05, 0) is 48.4 Å². The Hall–Kier alpha value is -3.08. The number of benzene rings is 1. The van der Waals surface area contributed by atoms with Crippen LogP contribution >= 0.6 is 0 Å². The Labute approximate surface area is 197 Å². The van der Waals surface area contributed by atoms with Gasteiger partial charge >= 0.3 is 0 Å². The molecule has 5 nitrogen and oxygen atoms in total. The van der Waals surface area contributed by atoms with Crippen molar-refractivity contribution in [2.75, 3.05) is 13.7 Å². The molecular weight excluding hydrogens is 410 g/mol. The van der Waals surface area contributed by atoms with Crippen LogP contribution < -0.4 is 15.9 Å². The van der Waals surface area contributed by atoms with Crippen molar-refractivity contribution in [3.05, 3.63) is 64.1 Å². The van der Waals surface area contributed by atoms with Gasteiger partial charge in [-0.15, -0.1) is 0 Å². The molecule has 1 aliphatic rings. The van der Waals surface area contributed by atoms with Crippen LogP contribution in [0.5, 0.6) is 5.75 Å². The Morgan fingerprint density at radius 3 is 2.64 bits per heavy atom. The number of methoxy groups -OCH3 is 1. The number of pyridine rings is 1. The summed E-state index contributed by atoms with van der Waals surface area (Å²) in [5.74, 6) is 1.11. The number of rotatable bonds is 9. The third-order valence-corrected chi connectivity index (χ3v) is 6.34. The molecule has 0 saturated carbocycles. The Morgan fingerprint density at radius 1 is 1.27 bits per heavy atom. The number of hydrogen-bond donors (Lipinski definition) is 1. The van der Waals surface area contributed by atoms with Crippen molar-refractivity contribution in [1.29, 1.82) is 0 Å². The van der Waals surface area contributed by atoms with Gasteiger partial charge in [-0.1, -0.05) is 40.7 Å². The summed E-state index contributed by atoms with van der Waals surface area (Å²) in [5, 5.41) is 0. The maximum atomic E-state index is 13.1. The smallest absolute Gasteiger partial charge is 0.189 e. The van der Waals surface area contributed by atoms with Gasteiger partial charge in [-0.3, -0.25) is 9.79 Å². The van der Waals surface area contributed by atoms with Crippen molar-refractivity contribution in [3.63, 3.8) is 0 Å². The first kappa shape index (κ1) is 24.6. The number of ether oxygens (including phenoxy) is 1. The summed E-state index contributed by atoms with van der Waals surface area (Å²) in [7, 11) is 1.66. The van der Waals surface area contributed by atoms with Gasteiger partial charge in [0, 0.05) is 59.5 Å². The molecule has 0 bridgehead atoms. The van der Waals surface area contributed by atoms with Crippen LogP contribution in [0, 0.1) is 5.92 Å². The van der Waals surface area contributed by atoms with Gasteiger partial charge in [-0.2, -0.15) is 0 Å². The molecule has 0 fully saturated rings. The molecule has 0 aliphatic carbocycles. The lowest BCUT2D eigenvalue weighted by Gasteiger charge is -2.34. The van der Waals surface area contributed by atoms with E-state index in [-0.39, 0.29) is 11.5 Å². The van der Waals surface area contributed by atoms with Gasteiger partial charge in [-0.25, -0.2) is 0 Å². The van der Waals surface area contributed by atoms with Gasteiger partial charge < -0.3 is 15.0 Å². The summed E-state index contributed by atoms with van der Waals surface area (Å²) in [4.78, 5) is 17.5. The van der Waals surface area contributed by atoms with E-state index in [0.29, 0.717) is 5.92 Å². The molecule has 0 saturated heterocycles. The molecule has 1 unspecified atom stereocenters. The number of aliphatic imine (C=N–C) groups is 1. The molecule has 2 heterocycles. The minimum Gasteiger partial charge on any atom is -0.496 e. The Kier molecular flexibility index (Phi) is 7.96. The summed E-state index contributed by atoms with van der Waals surface area (Å²) in [6, 6.07) is 6.19. The lowest BCUT2D eigenvalue weighted by Crippen LogP contribution is -2.27. The average molecular weight is 448 g/mol. The molecule has 0 spiro atoms. The lowest BCUT2D eigenvalue weighted by molar-refractivity contribution is 0.367. The molecule has 1 aromatic carbocycles. The van der Waals surface area contributed by atoms with E-state index in [4.69, 9.17) is 10.5 Å². The molecule has 33 heavy (non-hydrogen) atoms.